The maximum Gasteiger partial charge on any atom is 0.400 e. The molecular formula is C21H29BrF2O2. The van der Waals surface area contributed by atoms with E-state index in [-0.39, 0.29) is 11.9 Å². The molecule has 2 atom stereocenters. The van der Waals surface area contributed by atoms with E-state index in [1.165, 1.54) is 19.3 Å². The van der Waals surface area contributed by atoms with E-state index in [2.05, 4.69) is 22.9 Å². The highest BCUT2D eigenvalue weighted by Gasteiger charge is 2.45. The van der Waals surface area contributed by atoms with Crippen molar-refractivity contribution in [3.8, 4) is 5.75 Å². The minimum atomic E-state index is -3.11. The SMILES string of the molecule is CCCC1CCC(C2CCC(C(F)(F)Oc3ccc(Br)cc3)CC2)OC1. The van der Waals surface area contributed by atoms with Crippen molar-refractivity contribution in [3.63, 3.8) is 0 Å². The maximum absolute atomic E-state index is 14.5. The van der Waals surface area contributed by atoms with Gasteiger partial charge in [0, 0.05) is 11.1 Å². The van der Waals surface area contributed by atoms with Gasteiger partial charge in [-0.05, 0) is 81.0 Å². The molecule has 1 aliphatic heterocycles. The molecule has 1 aromatic carbocycles. The van der Waals surface area contributed by atoms with Crippen molar-refractivity contribution in [2.45, 2.75) is 70.5 Å². The maximum atomic E-state index is 14.5. The van der Waals surface area contributed by atoms with Gasteiger partial charge in [0.15, 0.2) is 0 Å². The average molecular weight is 431 g/mol. The predicted molar refractivity (Wildman–Crippen MR) is 103 cm³/mol. The first-order valence-electron chi connectivity index (χ1n) is 9.92. The lowest BCUT2D eigenvalue weighted by atomic mass is 9.76. The van der Waals surface area contributed by atoms with Crippen molar-refractivity contribution in [3.05, 3.63) is 28.7 Å². The van der Waals surface area contributed by atoms with Gasteiger partial charge in [-0.25, -0.2) is 0 Å². The minimum Gasteiger partial charge on any atom is -0.432 e. The van der Waals surface area contributed by atoms with Crippen LogP contribution in [0.4, 0.5) is 8.78 Å². The smallest absolute Gasteiger partial charge is 0.400 e. The third-order valence-electron chi connectivity index (χ3n) is 5.94. The number of hydrogen-bond donors (Lipinski definition) is 0. The first-order chi connectivity index (χ1) is 12.5. The first kappa shape index (κ1) is 20.1. The third kappa shape index (κ3) is 5.19. The molecular weight excluding hydrogens is 402 g/mol. The first-order valence-corrected chi connectivity index (χ1v) is 10.7. The molecule has 2 unspecified atom stereocenters. The molecule has 146 valence electrons. The van der Waals surface area contributed by atoms with Crippen molar-refractivity contribution < 1.29 is 18.3 Å². The summed E-state index contributed by atoms with van der Waals surface area (Å²) in [5, 5.41) is 0. The molecule has 1 saturated heterocycles. The van der Waals surface area contributed by atoms with Crippen LogP contribution in [0.15, 0.2) is 28.7 Å². The van der Waals surface area contributed by atoms with Crippen LogP contribution in [0.2, 0.25) is 0 Å². The summed E-state index contributed by atoms with van der Waals surface area (Å²) in [6.07, 6.45) is 4.55. The Kier molecular flexibility index (Phi) is 6.95. The number of rotatable bonds is 6. The number of benzene rings is 1. The van der Waals surface area contributed by atoms with E-state index in [9.17, 15) is 8.78 Å². The van der Waals surface area contributed by atoms with Gasteiger partial charge in [-0.1, -0.05) is 29.3 Å². The molecule has 2 fully saturated rings. The Morgan fingerprint density at radius 2 is 1.77 bits per heavy atom. The van der Waals surface area contributed by atoms with Gasteiger partial charge in [0.2, 0.25) is 0 Å². The fraction of sp³-hybridized carbons (Fsp3) is 0.714. The fourth-order valence-corrected chi connectivity index (χ4v) is 4.67. The summed E-state index contributed by atoms with van der Waals surface area (Å²) in [5.74, 6) is 0.630. The number of hydrogen-bond acceptors (Lipinski definition) is 2. The largest absolute Gasteiger partial charge is 0.432 e. The number of ether oxygens (including phenoxy) is 2. The van der Waals surface area contributed by atoms with E-state index < -0.39 is 12.0 Å². The molecule has 0 bridgehead atoms. The van der Waals surface area contributed by atoms with Crippen molar-refractivity contribution in [1.82, 2.24) is 0 Å². The van der Waals surface area contributed by atoms with Crippen LogP contribution >= 0.6 is 15.9 Å². The van der Waals surface area contributed by atoms with Gasteiger partial charge in [-0.2, -0.15) is 8.78 Å². The van der Waals surface area contributed by atoms with Crippen LogP contribution in [0.1, 0.15) is 58.3 Å². The topological polar surface area (TPSA) is 18.5 Å². The Balaban J connectivity index is 1.47. The average Bonchev–Trinajstić information content (AvgIpc) is 2.65. The monoisotopic (exact) mass is 430 g/mol. The summed E-state index contributed by atoms with van der Waals surface area (Å²) in [5.41, 5.74) is 0. The highest BCUT2D eigenvalue weighted by Crippen LogP contribution is 2.43. The molecule has 0 spiro atoms. The molecule has 2 nitrogen and oxygen atoms in total. The molecule has 5 heteroatoms. The van der Waals surface area contributed by atoms with Crippen LogP contribution in [0.5, 0.6) is 5.75 Å². The van der Waals surface area contributed by atoms with E-state index >= 15 is 0 Å². The zero-order valence-electron chi connectivity index (χ0n) is 15.4. The number of alkyl halides is 2. The van der Waals surface area contributed by atoms with Crippen LogP contribution < -0.4 is 4.74 Å². The Hall–Kier alpha value is -0.680. The highest BCUT2D eigenvalue weighted by molar-refractivity contribution is 9.10. The third-order valence-corrected chi connectivity index (χ3v) is 6.47. The van der Waals surface area contributed by atoms with Crippen molar-refractivity contribution in [2.75, 3.05) is 6.61 Å². The molecule has 0 aromatic heterocycles. The Labute approximate surface area is 163 Å². The summed E-state index contributed by atoms with van der Waals surface area (Å²) in [6, 6.07) is 6.58. The molecule has 1 aliphatic carbocycles. The highest BCUT2D eigenvalue weighted by atomic mass is 79.9. The van der Waals surface area contributed by atoms with Crippen LogP contribution in [0.25, 0.3) is 0 Å². The van der Waals surface area contributed by atoms with E-state index in [0.29, 0.717) is 24.7 Å². The lowest BCUT2D eigenvalue weighted by Gasteiger charge is -2.39. The zero-order chi connectivity index (χ0) is 18.6. The lowest BCUT2D eigenvalue weighted by molar-refractivity contribution is -0.225. The van der Waals surface area contributed by atoms with E-state index in [0.717, 1.165) is 30.3 Å². The molecule has 26 heavy (non-hydrogen) atoms. The van der Waals surface area contributed by atoms with E-state index in [1.54, 1.807) is 24.3 Å². The lowest BCUT2D eigenvalue weighted by Crippen LogP contribution is -2.40. The molecule has 1 aromatic rings. The minimum absolute atomic E-state index is 0.220. The Bertz CT molecular complexity index is 548. The predicted octanol–water partition coefficient (Wildman–Crippen LogP) is 6.82. The van der Waals surface area contributed by atoms with Gasteiger partial charge >= 0.3 is 6.11 Å². The summed E-state index contributed by atoms with van der Waals surface area (Å²) >= 11 is 3.30. The molecule has 1 heterocycles. The molecule has 0 N–H and O–H groups in total. The summed E-state index contributed by atoms with van der Waals surface area (Å²) in [7, 11) is 0. The van der Waals surface area contributed by atoms with Crippen LogP contribution in [0, 0.1) is 17.8 Å². The van der Waals surface area contributed by atoms with Crippen molar-refractivity contribution in [1.29, 1.82) is 0 Å². The van der Waals surface area contributed by atoms with Gasteiger partial charge in [0.1, 0.15) is 5.75 Å². The Morgan fingerprint density at radius 1 is 1.08 bits per heavy atom. The standard InChI is InChI=1S/C21H29BrF2O2/c1-2-3-15-4-13-20(25-14-15)16-5-7-17(8-6-16)21(23,24)26-19-11-9-18(22)10-12-19/h9-12,15-17,20H,2-8,13-14H2,1H3. The van der Waals surface area contributed by atoms with Crippen LogP contribution in [-0.2, 0) is 4.74 Å². The molecule has 3 rings (SSSR count). The number of halogens is 3. The van der Waals surface area contributed by atoms with Gasteiger partial charge in [0.25, 0.3) is 0 Å². The van der Waals surface area contributed by atoms with Gasteiger partial charge in [-0.3, -0.25) is 0 Å². The van der Waals surface area contributed by atoms with Crippen molar-refractivity contribution >= 4 is 15.9 Å². The molecule has 0 radical (unpaired) electrons. The normalized spacial score (nSPS) is 30.2. The van der Waals surface area contributed by atoms with E-state index in [4.69, 9.17) is 9.47 Å². The van der Waals surface area contributed by atoms with E-state index in [1.807, 2.05) is 0 Å². The van der Waals surface area contributed by atoms with Gasteiger partial charge in [-0.15, -0.1) is 0 Å². The van der Waals surface area contributed by atoms with Gasteiger partial charge < -0.3 is 9.47 Å². The van der Waals surface area contributed by atoms with Crippen LogP contribution in [-0.4, -0.2) is 18.8 Å². The summed E-state index contributed by atoms with van der Waals surface area (Å²) in [4.78, 5) is 0. The fourth-order valence-electron chi connectivity index (χ4n) is 4.40. The summed E-state index contributed by atoms with van der Waals surface area (Å²) < 4.78 is 41.0. The molecule has 1 saturated carbocycles. The zero-order valence-corrected chi connectivity index (χ0v) is 17.0. The Morgan fingerprint density at radius 3 is 2.35 bits per heavy atom. The molecule has 2 aliphatic rings. The van der Waals surface area contributed by atoms with Crippen molar-refractivity contribution in [2.24, 2.45) is 17.8 Å². The molecule has 0 amide bonds. The van der Waals surface area contributed by atoms with Gasteiger partial charge in [0.05, 0.1) is 12.0 Å². The van der Waals surface area contributed by atoms with Crippen LogP contribution in [0.3, 0.4) is 0 Å². The second-order valence-corrected chi connectivity index (χ2v) is 8.75. The summed E-state index contributed by atoms with van der Waals surface area (Å²) in [6.45, 7) is 3.06. The quantitative estimate of drug-likeness (QED) is 0.492. The second kappa shape index (κ2) is 9.01. The second-order valence-electron chi connectivity index (χ2n) is 7.83.